The summed E-state index contributed by atoms with van der Waals surface area (Å²) in [7, 11) is 0. The van der Waals surface area contributed by atoms with E-state index in [1.165, 1.54) is 0 Å². The molecule has 0 unspecified atom stereocenters. The minimum atomic E-state index is -0.569. The highest BCUT2D eigenvalue weighted by Gasteiger charge is 2.50. The van der Waals surface area contributed by atoms with E-state index in [0.717, 1.165) is 6.54 Å². The smallest absolute Gasteiger partial charge is 0.411 e. The Bertz CT molecular complexity index is 397. The summed E-state index contributed by atoms with van der Waals surface area (Å²) in [5.41, 5.74) is -0.569. The van der Waals surface area contributed by atoms with Crippen molar-refractivity contribution in [1.82, 2.24) is 10.2 Å². The lowest BCUT2D eigenvalue weighted by atomic mass is 10.0. The normalized spacial score (nSPS) is 27.8. The minimum Gasteiger partial charge on any atom is -0.464 e. The molecule has 2 rings (SSSR count). The molecule has 7 heteroatoms. The molecule has 2 fully saturated rings. The number of nitrogens with zero attached hydrogens (tertiary/aromatic N) is 1. The molecular formula is C14H25ClN2O4. The highest BCUT2D eigenvalue weighted by atomic mass is 35.5. The summed E-state index contributed by atoms with van der Waals surface area (Å²) >= 11 is 0. The Hall–Kier alpha value is -1.01. The van der Waals surface area contributed by atoms with E-state index in [4.69, 9.17) is 9.47 Å². The molecule has 0 bridgehead atoms. The molecule has 0 aromatic rings. The number of nitrogens with one attached hydrogen (secondary N) is 1. The van der Waals surface area contributed by atoms with Gasteiger partial charge in [-0.05, 0) is 40.0 Å². The molecule has 0 aromatic carbocycles. The molecule has 2 aliphatic rings. The van der Waals surface area contributed by atoms with Gasteiger partial charge in [0.1, 0.15) is 11.6 Å². The van der Waals surface area contributed by atoms with Crippen LogP contribution in [0.5, 0.6) is 0 Å². The lowest BCUT2D eigenvalue weighted by Gasteiger charge is -2.31. The molecule has 0 saturated carbocycles. The van der Waals surface area contributed by atoms with Crippen LogP contribution in [-0.4, -0.2) is 54.3 Å². The van der Waals surface area contributed by atoms with E-state index in [9.17, 15) is 9.59 Å². The predicted molar refractivity (Wildman–Crippen MR) is 80.5 cm³/mol. The van der Waals surface area contributed by atoms with Gasteiger partial charge >= 0.3 is 12.1 Å². The zero-order chi connectivity index (χ0) is 14.9. The number of likely N-dealkylation sites (tertiary alicyclic amines) is 1. The molecule has 0 spiro atoms. The maximum absolute atomic E-state index is 12.4. The van der Waals surface area contributed by atoms with Crippen molar-refractivity contribution >= 4 is 24.5 Å². The van der Waals surface area contributed by atoms with Gasteiger partial charge in [-0.25, -0.2) is 9.59 Å². The third-order valence-corrected chi connectivity index (χ3v) is 3.69. The number of fused-ring (bicyclic) bond motifs is 1. The van der Waals surface area contributed by atoms with Crippen LogP contribution in [0.4, 0.5) is 4.79 Å². The third kappa shape index (κ3) is 4.01. The predicted octanol–water partition coefficient (Wildman–Crippen LogP) is 1.57. The van der Waals surface area contributed by atoms with E-state index in [1.54, 1.807) is 11.8 Å². The summed E-state index contributed by atoms with van der Waals surface area (Å²) in [4.78, 5) is 26.0. The number of carbonyl (C=O) groups excluding carboxylic acids is 2. The van der Waals surface area contributed by atoms with Gasteiger partial charge in [-0.1, -0.05) is 0 Å². The first-order valence-corrected chi connectivity index (χ1v) is 7.22. The van der Waals surface area contributed by atoms with Crippen LogP contribution in [0, 0.1) is 5.92 Å². The van der Waals surface area contributed by atoms with E-state index >= 15 is 0 Å². The second-order valence-corrected chi connectivity index (χ2v) is 6.38. The summed E-state index contributed by atoms with van der Waals surface area (Å²) < 4.78 is 10.5. The van der Waals surface area contributed by atoms with Crippen molar-refractivity contribution in [2.75, 3.05) is 19.7 Å². The third-order valence-electron chi connectivity index (χ3n) is 3.69. The molecule has 21 heavy (non-hydrogen) atoms. The van der Waals surface area contributed by atoms with Gasteiger partial charge in [0.2, 0.25) is 0 Å². The molecule has 3 atom stereocenters. The molecule has 0 radical (unpaired) electrons. The number of esters is 1. The first-order chi connectivity index (χ1) is 9.33. The van der Waals surface area contributed by atoms with E-state index in [1.807, 2.05) is 20.8 Å². The average molecular weight is 321 g/mol. The molecule has 1 amide bonds. The number of amides is 1. The fraction of sp³-hybridized carbons (Fsp3) is 0.857. The summed E-state index contributed by atoms with van der Waals surface area (Å²) in [6.45, 7) is 9.11. The minimum absolute atomic E-state index is 0. The quantitative estimate of drug-likeness (QED) is 0.782. The molecule has 2 aliphatic heterocycles. The molecule has 2 heterocycles. The van der Waals surface area contributed by atoms with E-state index in [2.05, 4.69) is 5.32 Å². The van der Waals surface area contributed by atoms with Crippen molar-refractivity contribution < 1.29 is 19.1 Å². The van der Waals surface area contributed by atoms with Crippen molar-refractivity contribution in [3.8, 4) is 0 Å². The van der Waals surface area contributed by atoms with Crippen LogP contribution < -0.4 is 5.32 Å². The summed E-state index contributed by atoms with van der Waals surface area (Å²) in [6.07, 6.45) is 0.224. The van der Waals surface area contributed by atoms with Crippen LogP contribution in [-0.2, 0) is 14.3 Å². The highest BCUT2D eigenvalue weighted by Crippen LogP contribution is 2.34. The van der Waals surface area contributed by atoms with Crippen LogP contribution in [0.15, 0.2) is 0 Å². The maximum Gasteiger partial charge on any atom is 0.411 e. The van der Waals surface area contributed by atoms with Gasteiger partial charge in [-0.2, -0.15) is 0 Å². The van der Waals surface area contributed by atoms with Gasteiger partial charge in [0, 0.05) is 13.1 Å². The van der Waals surface area contributed by atoms with E-state index < -0.39 is 17.7 Å². The van der Waals surface area contributed by atoms with E-state index in [0.29, 0.717) is 25.5 Å². The second-order valence-electron chi connectivity index (χ2n) is 6.38. The number of carbonyl (C=O) groups is 2. The zero-order valence-electron chi connectivity index (χ0n) is 13.0. The molecule has 0 aliphatic carbocycles. The molecule has 2 saturated heterocycles. The Balaban J connectivity index is 0.00000220. The van der Waals surface area contributed by atoms with Crippen molar-refractivity contribution in [3.63, 3.8) is 0 Å². The Labute approximate surface area is 131 Å². The Morgan fingerprint density at radius 1 is 1.29 bits per heavy atom. The second kappa shape index (κ2) is 6.83. The first-order valence-electron chi connectivity index (χ1n) is 7.22. The summed E-state index contributed by atoms with van der Waals surface area (Å²) in [6, 6.07) is -0.485. The van der Waals surface area contributed by atoms with Crippen LogP contribution in [0.3, 0.4) is 0 Å². The summed E-state index contributed by atoms with van der Waals surface area (Å²) in [5.74, 6) is -0.0234. The monoisotopic (exact) mass is 320 g/mol. The zero-order valence-corrected chi connectivity index (χ0v) is 13.9. The fourth-order valence-electron chi connectivity index (χ4n) is 2.94. The highest BCUT2D eigenvalue weighted by molar-refractivity contribution is 5.85. The van der Waals surface area contributed by atoms with Crippen LogP contribution in [0.25, 0.3) is 0 Å². The molecular weight excluding hydrogens is 296 g/mol. The molecule has 1 N–H and O–H groups in total. The largest absolute Gasteiger partial charge is 0.464 e. The number of ether oxygens (including phenoxy) is 2. The molecule has 0 aromatic heterocycles. The van der Waals surface area contributed by atoms with Gasteiger partial charge in [0.05, 0.1) is 12.6 Å². The number of rotatable bonds is 2. The van der Waals surface area contributed by atoms with Gasteiger partial charge in [0.25, 0.3) is 0 Å². The Kier molecular flexibility index (Phi) is 5.87. The molecule has 122 valence electrons. The van der Waals surface area contributed by atoms with Crippen molar-refractivity contribution in [2.24, 2.45) is 5.92 Å². The number of hydrogen-bond acceptors (Lipinski definition) is 5. The Morgan fingerprint density at radius 2 is 1.95 bits per heavy atom. The average Bonchev–Trinajstić information content (AvgIpc) is 2.84. The lowest BCUT2D eigenvalue weighted by molar-refractivity contribution is -0.148. The van der Waals surface area contributed by atoms with Crippen molar-refractivity contribution in [2.45, 2.75) is 51.8 Å². The fourth-order valence-corrected chi connectivity index (χ4v) is 2.94. The molecule has 6 nitrogen and oxygen atoms in total. The number of halogens is 1. The lowest BCUT2D eigenvalue weighted by Crippen LogP contribution is -2.49. The topological polar surface area (TPSA) is 67.9 Å². The standard InChI is InChI=1S/C14H24N2O4.ClH/c1-5-19-12(17)10-6-9-7-15-8-11(9)16(10)13(18)20-14(2,3)4;/h9-11,15H,5-8H2,1-4H3;1H/t9-,10-,11+;/m1./s1. The SMILES string of the molecule is CCOC(=O)[C@H]1C[C@@H]2CNC[C@@H]2N1C(=O)OC(C)(C)C.Cl. The first kappa shape index (κ1) is 18.0. The van der Waals surface area contributed by atoms with Crippen molar-refractivity contribution in [1.29, 1.82) is 0 Å². The number of hydrogen-bond donors (Lipinski definition) is 1. The van der Waals surface area contributed by atoms with E-state index in [-0.39, 0.29) is 24.4 Å². The maximum atomic E-state index is 12.4. The van der Waals surface area contributed by atoms with Gasteiger partial charge in [0.15, 0.2) is 0 Å². The van der Waals surface area contributed by atoms with Crippen LogP contribution in [0.1, 0.15) is 34.1 Å². The summed E-state index contributed by atoms with van der Waals surface area (Å²) in [5, 5.41) is 3.26. The van der Waals surface area contributed by atoms with Crippen molar-refractivity contribution in [3.05, 3.63) is 0 Å². The van der Waals surface area contributed by atoms with Crippen LogP contribution in [0.2, 0.25) is 0 Å². The van der Waals surface area contributed by atoms with Gasteiger partial charge < -0.3 is 14.8 Å². The van der Waals surface area contributed by atoms with Gasteiger partial charge in [-0.3, -0.25) is 4.90 Å². The van der Waals surface area contributed by atoms with Gasteiger partial charge in [-0.15, -0.1) is 12.4 Å². The van der Waals surface area contributed by atoms with Crippen LogP contribution >= 0.6 is 12.4 Å². The Morgan fingerprint density at radius 3 is 2.52 bits per heavy atom.